The monoisotopic (exact) mass is 354 g/mol. The predicted octanol–water partition coefficient (Wildman–Crippen LogP) is 3.79. The first-order valence-electron chi connectivity index (χ1n) is 7.34. The highest BCUT2D eigenvalue weighted by Crippen LogP contribution is 2.49. The molecule has 0 aliphatic heterocycles. The standard InChI is InChI=1S/C17H23BrO3/c1-16(2)13(17(3,20)10-9-14(16)18)11-21-15(19)12-7-5-4-6-8-12/h4-8,13-14,20H,9-11H2,1-3H3/t13-,14-,17-/m0/s1. The Morgan fingerprint density at radius 2 is 1.95 bits per heavy atom. The lowest BCUT2D eigenvalue weighted by molar-refractivity contribution is -0.106. The van der Waals surface area contributed by atoms with E-state index in [0.717, 1.165) is 6.42 Å². The third-order valence-electron chi connectivity index (χ3n) is 4.75. The molecule has 21 heavy (non-hydrogen) atoms. The molecule has 2 rings (SSSR count). The van der Waals surface area contributed by atoms with Crippen LogP contribution in [-0.2, 0) is 4.74 Å². The molecule has 1 aromatic rings. The average Bonchev–Trinajstić information content (AvgIpc) is 2.44. The van der Waals surface area contributed by atoms with Gasteiger partial charge in [0.2, 0.25) is 0 Å². The zero-order chi connectivity index (χ0) is 15.7. The Bertz CT molecular complexity index is 496. The number of benzene rings is 1. The van der Waals surface area contributed by atoms with Crippen LogP contribution in [0.1, 0.15) is 44.0 Å². The van der Waals surface area contributed by atoms with Crippen molar-refractivity contribution in [3.05, 3.63) is 35.9 Å². The molecule has 1 aliphatic rings. The lowest BCUT2D eigenvalue weighted by Gasteiger charge is -2.50. The van der Waals surface area contributed by atoms with E-state index in [0.29, 0.717) is 16.8 Å². The van der Waals surface area contributed by atoms with Crippen LogP contribution in [0.15, 0.2) is 30.3 Å². The molecule has 1 N–H and O–H groups in total. The zero-order valence-corrected chi connectivity index (χ0v) is 14.4. The normalized spacial score (nSPS) is 31.7. The Kier molecular flexibility index (Phi) is 4.79. The lowest BCUT2D eigenvalue weighted by Crippen LogP contribution is -2.53. The molecule has 4 heteroatoms. The highest BCUT2D eigenvalue weighted by Gasteiger charge is 2.50. The maximum absolute atomic E-state index is 12.1. The summed E-state index contributed by atoms with van der Waals surface area (Å²) in [5.74, 6) is -0.435. The number of rotatable bonds is 3. The van der Waals surface area contributed by atoms with E-state index in [1.165, 1.54) is 0 Å². The van der Waals surface area contributed by atoms with Gasteiger partial charge in [-0.05, 0) is 37.3 Å². The average molecular weight is 355 g/mol. The number of carbonyl (C=O) groups excluding carboxylic acids is 1. The van der Waals surface area contributed by atoms with Crippen molar-refractivity contribution in [2.45, 2.75) is 44.0 Å². The molecule has 1 saturated carbocycles. The van der Waals surface area contributed by atoms with Gasteiger partial charge in [-0.15, -0.1) is 0 Å². The Hall–Kier alpha value is -0.870. The van der Waals surface area contributed by atoms with Gasteiger partial charge in [-0.25, -0.2) is 4.79 Å². The summed E-state index contributed by atoms with van der Waals surface area (Å²) in [6.07, 6.45) is 1.63. The molecule has 0 spiro atoms. The lowest BCUT2D eigenvalue weighted by atomic mass is 9.62. The number of esters is 1. The molecule has 3 nitrogen and oxygen atoms in total. The summed E-state index contributed by atoms with van der Waals surface area (Å²) in [5.41, 5.74) is -0.412. The smallest absolute Gasteiger partial charge is 0.338 e. The highest BCUT2D eigenvalue weighted by atomic mass is 79.9. The molecule has 0 amide bonds. The van der Waals surface area contributed by atoms with Crippen molar-refractivity contribution in [1.82, 2.24) is 0 Å². The number of carbonyl (C=O) groups is 1. The maximum atomic E-state index is 12.1. The minimum absolute atomic E-state index is 0.101. The van der Waals surface area contributed by atoms with Crippen LogP contribution in [0.25, 0.3) is 0 Å². The minimum Gasteiger partial charge on any atom is -0.462 e. The molecule has 0 heterocycles. The van der Waals surface area contributed by atoms with Crippen molar-refractivity contribution >= 4 is 21.9 Å². The second-order valence-electron chi connectivity index (χ2n) is 6.70. The first kappa shape index (κ1) is 16.5. The van der Waals surface area contributed by atoms with Gasteiger partial charge >= 0.3 is 5.97 Å². The summed E-state index contributed by atoms with van der Waals surface area (Å²) < 4.78 is 5.47. The van der Waals surface area contributed by atoms with Crippen molar-refractivity contribution in [2.24, 2.45) is 11.3 Å². The molecular formula is C17H23BrO3. The van der Waals surface area contributed by atoms with E-state index in [1.54, 1.807) is 12.1 Å². The summed E-state index contributed by atoms with van der Waals surface area (Å²) in [5, 5.41) is 10.7. The van der Waals surface area contributed by atoms with Gasteiger partial charge in [-0.3, -0.25) is 0 Å². The van der Waals surface area contributed by atoms with E-state index in [4.69, 9.17) is 4.74 Å². The van der Waals surface area contributed by atoms with Crippen LogP contribution in [0.4, 0.5) is 0 Å². The first-order valence-corrected chi connectivity index (χ1v) is 8.25. The third kappa shape index (κ3) is 3.49. The second kappa shape index (κ2) is 6.09. The van der Waals surface area contributed by atoms with Gasteiger partial charge in [0.25, 0.3) is 0 Å². The van der Waals surface area contributed by atoms with Gasteiger partial charge in [0.05, 0.1) is 17.8 Å². The zero-order valence-electron chi connectivity index (χ0n) is 12.8. The molecule has 1 aromatic carbocycles. The Labute approximate surface area is 134 Å². The number of hydrogen-bond acceptors (Lipinski definition) is 3. The Morgan fingerprint density at radius 1 is 1.33 bits per heavy atom. The number of ether oxygens (including phenoxy) is 1. The number of halogens is 1. The predicted molar refractivity (Wildman–Crippen MR) is 86.6 cm³/mol. The molecule has 0 aromatic heterocycles. The number of alkyl halides is 1. The molecule has 3 atom stereocenters. The van der Waals surface area contributed by atoms with Crippen molar-refractivity contribution < 1.29 is 14.6 Å². The molecule has 0 radical (unpaired) electrons. The van der Waals surface area contributed by atoms with Crippen molar-refractivity contribution in [1.29, 1.82) is 0 Å². The molecular weight excluding hydrogens is 332 g/mol. The molecule has 1 aliphatic carbocycles. The van der Waals surface area contributed by atoms with Crippen LogP contribution < -0.4 is 0 Å². The summed E-state index contributed by atoms with van der Waals surface area (Å²) >= 11 is 3.70. The van der Waals surface area contributed by atoms with Gasteiger partial charge < -0.3 is 9.84 Å². The van der Waals surface area contributed by atoms with Crippen LogP contribution in [0, 0.1) is 11.3 Å². The minimum atomic E-state index is -0.815. The second-order valence-corrected chi connectivity index (χ2v) is 7.81. The van der Waals surface area contributed by atoms with E-state index in [2.05, 4.69) is 29.8 Å². The number of aliphatic hydroxyl groups is 1. The van der Waals surface area contributed by atoms with Gasteiger partial charge in [0, 0.05) is 10.7 Å². The SMILES string of the molecule is CC1(C)[C@@H](Br)CC[C@](C)(O)[C@H]1COC(=O)c1ccccc1. The van der Waals surface area contributed by atoms with Crippen molar-refractivity contribution in [2.75, 3.05) is 6.61 Å². The molecule has 0 bridgehead atoms. The van der Waals surface area contributed by atoms with E-state index < -0.39 is 5.60 Å². The fourth-order valence-corrected chi connectivity index (χ4v) is 3.74. The molecule has 1 fully saturated rings. The highest BCUT2D eigenvalue weighted by molar-refractivity contribution is 9.09. The number of hydrogen-bond donors (Lipinski definition) is 1. The van der Waals surface area contributed by atoms with Crippen molar-refractivity contribution in [3.8, 4) is 0 Å². The van der Waals surface area contributed by atoms with E-state index in [1.807, 2.05) is 25.1 Å². The summed E-state index contributed by atoms with van der Waals surface area (Å²) in [7, 11) is 0. The van der Waals surface area contributed by atoms with Crippen molar-refractivity contribution in [3.63, 3.8) is 0 Å². The molecule has 116 valence electrons. The van der Waals surface area contributed by atoms with Gasteiger partial charge in [-0.1, -0.05) is 48.0 Å². The molecule has 0 unspecified atom stereocenters. The Morgan fingerprint density at radius 3 is 2.57 bits per heavy atom. The fraction of sp³-hybridized carbons (Fsp3) is 0.588. The summed E-state index contributed by atoms with van der Waals surface area (Å²) in [6, 6.07) is 8.96. The van der Waals surface area contributed by atoms with Gasteiger partial charge in [0.15, 0.2) is 0 Å². The first-order chi connectivity index (χ1) is 9.75. The van der Waals surface area contributed by atoms with Crippen LogP contribution in [-0.4, -0.2) is 28.1 Å². The van der Waals surface area contributed by atoms with Gasteiger partial charge in [0.1, 0.15) is 0 Å². The quantitative estimate of drug-likeness (QED) is 0.663. The topological polar surface area (TPSA) is 46.5 Å². The van der Waals surface area contributed by atoms with Crippen LogP contribution in [0.2, 0.25) is 0 Å². The summed E-state index contributed by atoms with van der Waals surface area (Å²) in [4.78, 5) is 12.4. The summed E-state index contributed by atoms with van der Waals surface area (Å²) in [6.45, 7) is 6.30. The van der Waals surface area contributed by atoms with E-state index >= 15 is 0 Å². The van der Waals surface area contributed by atoms with Crippen LogP contribution in [0.3, 0.4) is 0 Å². The van der Waals surface area contributed by atoms with Crippen LogP contribution in [0.5, 0.6) is 0 Å². The van der Waals surface area contributed by atoms with E-state index in [9.17, 15) is 9.90 Å². The maximum Gasteiger partial charge on any atom is 0.338 e. The third-order valence-corrected chi connectivity index (χ3v) is 6.39. The molecule has 0 saturated heterocycles. The Balaban J connectivity index is 2.08. The van der Waals surface area contributed by atoms with E-state index in [-0.39, 0.29) is 23.9 Å². The van der Waals surface area contributed by atoms with Gasteiger partial charge in [-0.2, -0.15) is 0 Å². The fourth-order valence-electron chi connectivity index (χ4n) is 3.20. The largest absolute Gasteiger partial charge is 0.462 e. The van der Waals surface area contributed by atoms with Crippen LogP contribution >= 0.6 is 15.9 Å².